The lowest BCUT2D eigenvalue weighted by Gasteiger charge is -2.08. The Morgan fingerprint density at radius 3 is 2.50 bits per heavy atom. The molecule has 0 bridgehead atoms. The average Bonchev–Trinajstić information content (AvgIpc) is 3.07. The van der Waals surface area contributed by atoms with E-state index in [1.54, 1.807) is 35.2 Å². The predicted octanol–water partition coefficient (Wildman–Crippen LogP) is 4.14. The van der Waals surface area contributed by atoms with Gasteiger partial charge in [0.05, 0.1) is 4.34 Å². The molecule has 0 aliphatic carbocycles. The maximum Gasteiger partial charge on any atom is 0.264 e. The van der Waals surface area contributed by atoms with Gasteiger partial charge in [-0.2, -0.15) is 0 Å². The Bertz CT molecular complexity index is 968. The summed E-state index contributed by atoms with van der Waals surface area (Å²) in [6.07, 6.45) is 1.61. The summed E-state index contributed by atoms with van der Waals surface area (Å²) in [6, 6.07) is 8.24. The van der Waals surface area contributed by atoms with Gasteiger partial charge in [-0.25, -0.2) is 8.42 Å². The number of aryl methyl sites for hydroxylation is 1. The minimum atomic E-state index is -3.78. The Morgan fingerprint density at radius 1 is 1.25 bits per heavy atom. The molecule has 0 atom stereocenters. The van der Waals surface area contributed by atoms with Crippen molar-refractivity contribution in [2.75, 3.05) is 4.72 Å². The van der Waals surface area contributed by atoms with E-state index in [9.17, 15) is 8.42 Å². The molecule has 0 unspecified atom stereocenters. The molecular formula is C13H10Cl2N4O2S3. The number of sulfonamides is 1. The van der Waals surface area contributed by atoms with Crippen molar-refractivity contribution in [1.82, 2.24) is 14.8 Å². The number of benzene rings is 1. The van der Waals surface area contributed by atoms with Crippen molar-refractivity contribution in [3.8, 4) is 0 Å². The summed E-state index contributed by atoms with van der Waals surface area (Å²) in [7, 11) is -1.93. The van der Waals surface area contributed by atoms with Crippen LogP contribution in [0.25, 0.3) is 0 Å². The lowest BCUT2D eigenvalue weighted by Crippen LogP contribution is -2.12. The smallest absolute Gasteiger partial charge is 0.264 e. The van der Waals surface area contributed by atoms with Crippen LogP contribution in [0.5, 0.6) is 0 Å². The molecule has 3 rings (SSSR count). The molecule has 0 fully saturated rings. The second kappa shape index (κ2) is 6.93. The normalized spacial score (nSPS) is 11.6. The lowest BCUT2D eigenvalue weighted by molar-refractivity contribution is 0.601. The summed E-state index contributed by atoms with van der Waals surface area (Å²) in [5.41, 5.74) is 0.427. The first-order chi connectivity index (χ1) is 11.3. The molecule has 2 aromatic heterocycles. The van der Waals surface area contributed by atoms with Crippen molar-refractivity contribution < 1.29 is 8.42 Å². The van der Waals surface area contributed by atoms with Gasteiger partial charge in [-0.3, -0.25) is 4.72 Å². The molecule has 11 heteroatoms. The van der Waals surface area contributed by atoms with Crippen LogP contribution >= 0.6 is 46.3 Å². The van der Waals surface area contributed by atoms with Gasteiger partial charge in [-0.05, 0) is 42.1 Å². The molecule has 0 radical (unpaired) electrons. The molecule has 0 saturated heterocycles. The van der Waals surface area contributed by atoms with E-state index in [4.69, 9.17) is 23.2 Å². The minimum Gasteiger partial charge on any atom is -0.311 e. The Hall–Kier alpha value is -1.26. The second-order valence-corrected chi connectivity index (χ2v) is 9.62. The zero-order valence-electron chi connectivity index (χ0n) is 12.1. The number of hydrogen-bond donors (Lipinski definition) is 1. The molecule has 2 heterocycles. The van der Waals surface area contributed by atoms with E-state index in [1.165, 1.54) is 17.8 Å². The van der Waals surface area contributed by atoms with Crippen LogP contribution in [-0.4, -0.2) is 23.2 Å². The van der Waals surface area contributed by atoms with E-state index in [0.29, 0.717) is 10.0 Å². The van der Waals surface area contributed by atoms with Gasteiger partial charge in [0.25, 0.3) is 10.0 Å². The molecule has 1 aromatic carbocycles. The fraction of sp³-hybridized carbons (Fsp3) is 0.0769. The molecule has 0 spiro atoms. The first-order valence-corrected chi connectivity index (χ1v) is 10.3. The average molecular weight is 421 g/mol. The highest BCUT2D eigenvalue weighted by Crippen LogP contribution is 2.35. The molecule has 126 valence electrons. The van der Waals surface area contributed by atoms with Gasteiger partial charge in [0.2, 0.25) is 0 Å². The molecule has 1 N–H and O–H groups in total. The van der Waals surface area contributed by atoms with Gasteiger partial charge in [-0.15, -0.1) is 21.5 Å². The van der Waals surface area contributed by atoms with E-state index in [0.717, 1.165) is 21.4 Å². The third kappa shape index (κ3) is 3.86. The standard InChI is InChI=1S/C13H10Cl2N4O2S3/c1-19-7-16-17-13(19)22-9-4-2-8(3-5-9)18-24(20,21)10-6-11(14)23-12(10)15/h2-7,18H,1H3. The third-order valence-corrected chi connectivity index (χ3v) is 7.09. The number of halogens is 2. The van der Waals surface area contributed by atoms with E-state index >= 15 is 0 Å². The molecule has 0 saturated carbocycles. The van der Waals surface area contributed by atoms with Gasteiger partial charge in [0.1, 0.15) is 15.6 Å². The molecular weight excluding hydrogens is 411 g/mol. The van der Waals surface area contributed by atoms with Gasteiger partial charge in [0, 0.05) is 17.6 Å². The fourth-order valence-electron chi connectivity index (χ4n) is 1.78. The highest BCUT2D eigenvalue weighted by Gasteiger charge is 2.21. The summed E-state index contributed by atoms with van der Waals surface area (Å²) in [5, 5.41) is 8.53. The molecule has 3 aromatic rings. The van der Waals surface area contributed by atoms with E-state index in [1.807, 2.05) is 7.05 Å². The number of nitrogens with one attached hydrogen (secondary N) is 1. The first kappa shape index (κ1) is 17.6. The first-order valence-electron chi connectivity index (χ1n) is 6.45. The summed E-state index contributed by atoms with van der Waals surface area (Å²) in [6.45, 7) is 0. The van der Waals surface area contributed by atoms with Crippen molar-refractivity contribution in [3.63, 3.8) is 0 Å². The Kier molecular flexibility index (Phi) is 5.07. The van der Waals surface area contributed by atoms with Crippen LogP contribution in [0, 0.1) is 0 Å². The van der Waals surface area contributed by atoms with Gasteiger partial charge < -0.3 is 4.57 Å². The molecule has 0 aliphatic rings. The van der Waals surface area contributed by atoms with E-state index < -0.39 is 10.0 Å². The number of hydrogen-bond acceptors (Lipinski definition) is 6. The van der Waals surface area contributed by atoms with Crippen LogP contribution in [0.4, 0.5) is 5.69 Å². The highest BCUT2D eigenvalue weighted by atomic mass is 35.5. The van der Waals surface area contributed by atoms with Crippen LogP contribution in [0.2, 0.25) is 8.67 Å². The van der Waals surface area contributed by atoms with Crippen molar-refractivity contribution >= 4 is 62.0 Å². The quantitative estimate of drug-likeness (QED) is 0.670. The Labute approximate surface area is 156 Å². The monoisotopic (exact) mass is 420 g/mol. The van der Waals surface area contributed by atoms with Crippen LogP contribution in [0.1, 0.15) is 0 Å². The van der Waals surface area contributed by atoms with E-state index in [-0.39, 0.29) is 9.23 Å². The van der Waals surface area contributed by atoms with Crippen LogP contribution < -0.4 is 4.72 Å². The summed E-state index contributed by atoms with van der Waals surface area (Å²) in [5.74, 6) is 0. The van der Waals surface area contributed by atoms with Crippen LogP contribution in [0.3, 0.4) is 0 Å². The maximum absolute atomic E-state index is 12.3. The Balaban J connectivity index is 1.76. The topological polar surface area (TPSA) is 76.9 Å². The molecule has 6 nitrogen and oxygen atoms in total. The van der Waals surface area contributed by atoms with Gasteiger partial charge >= 0.3 is 0 Å². The van der Waals surface area contributed by atoms with Crippen molar-refractivity contribution in [3.05, 3.63) is 45.3 Å². The van der Waals surface area contributed by atoms with Crippen molar-refractivity contribution in [1.29, 1.82) is 0 Å². The Morgan fingerprint density at radius 2 is 1.96 bits per heavy atom. The zero-order chi connectivity index (χ0) is 17.3. The van der Waals surface area contributed by atoms with Crippen molar-refractivity contribution in [2.45, 2.75) is 14.9 Å². The minimum absolute atomic E-state index is 0.0308. The highest BCUT2D eigenvalue weighted by molar-refractivity contribution is 7.99. The van der Waals surface area contributed by atoms with Crippen molar-refractivity contribution in [2.24, 2.45) is 7.05 Å². The summed E-state index contributed by atoms with van der Waals surface area (Å²) in [4.78, 5) is 0.877. The molecule has 24 heavy (non-hydrogen) atoms. The summed E-state index contributed by atoms with van der Waals surface area (Å²) >= 11 is 14.1. The lowest BCUT2D eigenvalue weighted by atomic mass is 10.3. The second-order valence-electron chi connectivity index (χ2n) is 4.64. The number of rotatable bonds is 5. The van der Waals surface area contributed by atoms with Gasteiger partial charge in [-0.1, -0.05) is 23.2 Å². The van der Waals surface area contributed by atoms with Crippen LogP contribution in [0.15, 0.2) is 51.6 Å². The number of aromatic nitrogens is 3. The van der Waals surface area contributed by atoms with E-state index in [2.05, 4.69) is 14.9 Å². The third-order valence-electron chi connectivity index (χ3n) is 2.90. The molecule has 0 aliphatic heterocycles. The number of nitrogens with zero attached hydrogens (tertiary/aromatic N) is 3. The number of anilines is 1. The largest absolute Gasteiger partial charge is 0.311 e. The fourth-order valence-corrected chi connectivity index (χ4v) is 5.75. The molecule has 0 amide bonds. The maximum atomic E-state index is 12.3. The van der Waals surface area contributed by atoms with Crippen LogP contribution in [-0.2, 0) is 17.1 Å². The number of thiophene rings is 1. The summed E-state index contributed by atoms with van der Waals surface area (Å²) < 4.78 is 29.4. The predicted molar refractivity (Wildman–Crippen MR) is 96.7 cm³/mol. The van der Waals surface area contributed by atoms with Gasteiger partial charge in [0.15, 0.2) is 5.16 Å². The zero-order valence-corrected chi connectivity index (χ0v) is 16.1. The SMILES string of the molecule is Cn1cnnc1Sc1ccc(NS(=O)(=O)c2cc(Cl)sc2Cl)cc1.